The summed E-state index contributed by atoms with van der Waals surface area (Å²) in [6.45, 7) is 0. The highest BCUT2D eigenvalue weighted by molar-refractivity contribution is 5.70. The molecule has 1 atom stereocenters. The van der Waals surface area contributed by atoms with Crippen molar-refractivity contribution in [3.63, 3.8) is 0 Å². The second-order valence-corrected chi connectivity index (χ2v) is 2.75. The molecule has 0 spiro atoms. The lowest BCUT2D eigenvalue weighted by Gasteiger charge is -2.06. The van der Waals surface area contributed by atoms with Crippen LogP contribution in [0.25, 0.3) is 0 Å². The topological polar surface area (TPSA) is 63.0 Å². The second-order valence-electron chi connectivity index (χ2n) is 2.75. The van der Waals surface area contributed by atoms with Crippen molar-refractivity contribution >= 4 is 5.97 Å². The fourth-order valence-corrected chi connectivity index (χ4v) is 1.07. The van der Waals surface area contributed by atoms with Crippen molar-refractivity contribution in [1.82, 2.24) is 4.98 Å². The monoisotopic (exact) mass is 190 g/mol. The van der Waals surface area contributed by atoms with E-state index in [-0.39, 0.29) is 12.4 Å². The minimum absolute atomic E-state index is 0.0681. The van der Waals surface area contributed by atoms with Gasteiger partial charge in [-0.2, -0.15) is 5.26 Å². The number of carbonyl (C=O) groups excluding carboxylic acids is 1. The van der Waals surface area contributed by atoms with Gasteiger partial charge in [0.25, 0.3) is 0 Å². The number of methoxy groups -OCH3 is 1. The Balaban J connectivity index is 2.74. The predicted octanol–water partition coefficient (Wildman–Crippen LogP) is 1.25. The van der Waals surface area contributed by atoms with Crippen molar-refractivity contribution in [2.45, 2.75) is 12.3 Å². The lowest BCUT2D eigenvalue weighted by molar-refractivity contribution is -0.140. The number of pyridine rings is 1. The van der Waals surface area contributed by atoms with Gasteiger partial charge in [-0.15, -0.1) is 0 Å². The van der Waals surface area contributed by atoms with Gasteiger partial charge in [0.1, 0.15) is 0 Å². The summed E-state index contributed by atoms with van der Waals surface area (Å²) in [4.78, 5) is 14.8. The molecule has 0 aromatic carbocycles. The number of nitrogens with zero attached hydrogens (tertiary/aromatic N) is 2. The van der Waals surface area contributed by atoms with Crippen molar-refractivity contribution in [3.8, 4) is 6.07 Å². The number of ether oxygens (including phenoxy) is 1. The zero-order chi connectivity index (χ0) is 10.4. The number of aromatic nitrogens is 1. The first-order valence-corrected chi connectivity index (χ1v) is 4.14. The van der Waals surface area contributed by atoms with Crippen LogP contribution in [0.1, 0.15) is 17.9 Å². The molecular formula is C10H10N2O2. The lowest BCUT2D eigenvalue weighted by atomic mass is 9.99. The van der Waals surface area contributed by atoms with Gasteiger partial charge in [-0.3, -0.25) is 9.78 Å². The first kappa shape index (κ1) is 10.2. The van der Waals surface area contributed by atoms with Crippen LogP contribution in [0.15, 0.2) is 24.5 Å². The summed E-state index contributed by atoms with van der Waals surface area (Å²) in [7, 11) is 1.31. The van der Waals surface area contributed by atoms with Gasteiger partial charge in [0, 0.05) is 12.4 Å². The number of nitriles is 1. The molecular weight excluding hydrogens is 180 g/mol. The van der Waals surface area contributed by atoms with E-state index in [2.05, 4.69) is 9.72 Å². The first-order valence-electron chi connectivity index (χ1n) is 4.14. The molecule has 0 bridgehead atoms. The summed E-state index contributed by atoms with van der Waals surface area (Å²) in [6.07, 6.45) is 3.27. The average molecular weight is 190 g/mol. The summed E-state index contributed by atoms with van der Waals surface area (Å²) in [5.41, 5.74) is 0.736. The summed E-state index contributed by atoms with van der Waals surface area (Å²) in [6, 6.07) is 5.54. The van der Waals surface area contributed by atoms with E-state index in [1.165, 1.54) is 7.11 Å². The van der Waals surface area contributed by atoms with Crippen LogP contribution in [0.2, 0.25) is 0 Å². The second kappa shape index (κ2) is 4.97. The summed E-state index contributed by atoms with van der Waals surface area (Å²) < 4.78 is 4.49. The smallest absolute Gasteiger partial charge is 0.307 e. The number of esters is 1. The normalized spacial score (nSPS) is 11.4. The molecule has 0 fully saturated rings. The van der Waals surface area contributed by atoms with Crippen molar-refractivity contribution < 1.29 is 9.53 Å². The maximum Gasteiger partial charge on any atom is 0.307 e. The van der Waals surface area contributed by atoms with Crippen molar-refractivity contribution in [2.24, 2.45) is 0 Å². The Morgan fingerprint density at radius 3 is 3.07 bits per heavy atom. The Bertz CT molecular complexity index is 343. The molecule has 0 aliphatic rings. The lowest BCUT2D eigenvalue weighted by Crippen LogP contribution is -2.07. The molecule has 1 aromatic rings. The Hall–Kier alpha value is -1.89. The molecule has 14 heavy (non-hydrogen) atoms. The van der Waals surface area contributed by atoms with E-state index in [0.717, 1.165) is 5.56 Å². The molecule has 1 rings (SSSR count). The zero-order valence-electron chi connectivity index (χ0n) is 7.80. The van der Waals surface area contributed by atoms with Gasteiger partial charge >= 0.3 is 5.97 Å². The van der Waals surface area contributed by atoms with Crippen LogP contribution in [0, 0.1) is 11.3 Å². The molecule has 1 unspecified atom stereocenters. The highest BCUT2D eigenvalue weighted by atomic mass is 16.5. The Labute approximate surface area is 82.1 Å². The van der Waals surface area contributed by atoms with Crippen LogP contribution in [0.5, 0.6) is 0 Å². The fraction of sp³-hybridized carbons (Fsp3) is 0.300. The van der Waals surface area contributed by atoms with E-state index >= 15 is 0 Å². The number of hydrogen-bond acceptors (Lipinski definition) is 4. The van der Waals surface area contributed by atoms with Crippen molar-refractivity contribution in [3.05, 3.63) is 30.1 Å². The number of hydrogen-bond donors (Lipinski definition) is 0. The van der Waals surface area contributed by atoms with Gasteiger partial charge in [0.2, 0.25) is 0 Å². The van der Waals surface area contributed by atoms with Crippen LogP contribution >= 0.6 is 0 Å². The molecule has 0 saturated carbocycles. The SMILES string of the molecule is COC(=O)CC(C#N)c1cccnc1. The first-order chi connectivity index (χ1) is 6.77. The Kier molecular flexibility index (Phi) is 3.62. The molecule has 0 aliphatic carbocycles. The van der Waals surface area contributed by atoms with Gasteiger partial charge in [-0.05, 0) is 11.6 Å². The molecule has 4 nitrogen and oxygen atoms in total. The van der Waals surface area contributed by atoms with Crippen molar-refractivity contribution in [1.29, 1.82) is 5.26 Å². The maximum atomic E-state index is 11.0. The number of carbonyl (C=O) groups is 1. The van der Waals surface area contributed by atoms with Crippen LogP contribution in [0.4, 0.5) is 0 Å². The van der Waals surface area contributed by atoms with E-state index < -0.39 is 5.92 Å². The van der Waals surface area contributed by atoms with Gasteiger partial charge in [0.05, 0.1) is 25.5 Å². The van der Waals surface area contributed by atoms with Gasteiger partial charge in [0.15, 0.2) is 0 Å². The van der Waals surface area contributed by atoms with Gasteiger partial charge in [-0.1, -0.05) is 6.07 Å². The third-order valence-corrected chi connectivity index (χ3v) is 1.84. The Morgan fingerprint density at radius 1 is 1.79 bits per heavy atom. The predicted molar refractivity (Wildman–Crippen MR) is 49.2 cm³/mol. The number of rotatable bonds is 3. The fourth-order valence-electron chi connectivity index (χ4n) is 1.07. The van der Waals surface area contributed by atoms with E-state index in [1.807, 2.05) is 6.07 Å². The van der Waals surface area contributed by atoms with Crippen LogP contribution < -0.4 is 0 Å². The molecule has 0 saturated heterocycles. The average Bonchev–Trinajstić information content (AvgIpc) is 2.26. The summed E-state index contributed by atoms with van der Waals surface area (Å²) in [5, 5.41) is 8.84. The van der Waals surface area contributed by atoms with E-state index in [4.69, 9.17) is 5.26 Å². The maximum absolute atomic E-state index is 11.0. The van der Waals surface area contributed by atoms with Gasteiger partial charge < -0.3 is 4.74 Å². The third-order valence-electron chi connectivity index (χ3n) is 1.84. The van der Waals surface area contributed by atoms with Crippen LogP contribution in [0.3, 0.4) is 0 Å². The Morgan fingerprint density at radius 2 is 2.57 bits per heavy atom. The quantitative estimate of drug-likeness (QED) is 0.673. The molecule has 72 valence electrons. The van der Waals surface area contributed by atoms with E-state index in [9.17, 15) is 4.79 Å². The molecule has 1 aromatic heterocycles. The van der Waals surface area contributed by atoms with E-state index in [1.54, 1.807) is 24.5 Å². The minimum Gasteiger partial charge on any atom is -0.469 e. The van der Waals surface area contributed by atoms with Crippen LogP contribution in [-0.2, 0) is 9.53 Å². The minimum atomic E-state index is -0.476. The highest BCUT2D eigenvalue weighted by Gasteiger charge is 2.15. The summed E-state index contributed by atoms with van der Waals surface area (Å²) in [5.74, 6) is -0.864. The van der Waals surface area contributed by atoms with Gasteiger partial charge in [-0.25, -0.2) is 0 Å². The highest BCUT2D eigenvalue weighted by Crippen LogP contribution is 2.17. The molecule has 0 amide bonds. The third kappa shape index (κ3) is 2.56. The standard InChI is InChI=1S/C10H10N2O2/c1-14-10(13)5-9(6-11)8-3-2-4-12-7-8/h2-4,7,9H,5H2,1H3. The molecule has 0 radical (unpaired) electrons. The summed E-state index contributed by atoms with van der Waals surface area (Å²) >= 11 is 0. The molecule has 0 N–H and O–H groups in total. The zero-order valence-corrected chi connectivity index (χ0v) is 7.80. The van der Waals surface area contributed by atoms with E-state index in [0.29, 0.717) is 0 Å². The largest absolute Gasteiger partial charge is 0.469 e. The molecule has 4 heteroatoms. The molecule has 1 heterocycles. The molecule has 0 aliphatic heterocycles. The van der Waals surface area contributed by atoms with Crippen molar-refractivity contribution in [2.75, 3.05) is 7.11 Å². The van der Waals surface area contributed by atoms with Crippen LogP contribution in [-0.4, -0.2) is 18.1 Å².